The van der Waals surface area contributed by atoms with Gasteiger partial charge in [0.05, 0.1) is 0 Å². The Bertz CT molecular complexity index is 241. The van der Waals surface area contributed by atoms with Crippen molar-refractivity contribution < 1.29 is 13.2 Å². The lowest BCUT2D eigenvalue weighted by Crippen LogP contribution is -2.57. The fourth-order valence-electron chi connectivity index (χ4n) is 2.35. The molecule has 1 N–H and O–H groups in total. The SMILES string of the molecule is CC(C)C1CN(CCCCC(F)(F)F)C(C)CN1. The quantitative estimate of drug-likeness (QED) is 0.769. The van der Waals surface area contributed by atoms with Crippen molar-refractivity contribution in [3.8, 4) is 0 Å². The van der Waals surface area contributed by atoms with Crippen molar-refractivity contribution >= 4 is 0 Å². The molecule has 5 heteroatoms. The van der Waals surface area contributed by atoms with Crippen molar-refractivity contribution in [2.24, 2.45) is 5.92 Å². The van der Waals surface area contributed by atoms with Crippen LogP contribution in [0.25, 0.3) is 0 Å². The maximum atomic E-state index is 12.0. The van der Waals surface area contributed by atoms with E-state index >= 15 is 0 Å². The third kappa shape index (κ3) is 5.57. The van der Waals surface area contributed by atoms with Gasteiger partial charge in [0.2, 0.25) is 0 Å². The molecule has 108 valence electrons. The molecule has 0 saturated carbocycles. The minimum absolute atomic E-state index is 0.243. The molecule has 0 aliphatic carbocycles. The van der Waals surface area contributed by atoms with Gasteiger partial charge in [0.1, 0.15) is 0 Å². The van der Waals surface area contributed by atoms with Crippen LogP contribution in [0.5, 0.6) is 0 Å². The van der Waals surface area contributed by atoms with E-state index in [4.69, 9.17) is 0 Å². The van der Waals surface area contributed by atoms with Crippen molar-refractivity contribution in [2.75, 3.05) is 19.6 Å². The van der Waals surface area contributed by atoms with Gasteiger partial charge >= 0.3 is 6.18 Å². The largest absolute Gasteiger partial charge is 0.389 e. The number of alkyl halides is 3. The highest BCUT2D eigenvalue weighted by Crippen LogP contribution is 2.22. The van der Waals surface area contributed by atoms with Crippen LogP contribution in [-0.2, 0) is 0 Å². The molecule has 0 spiro atoms. The molecule has 1 saturated heterocycles. The highest BCUT2D eigenvalue weighted by molar-refractivity contribution is 4.85. The lowest BCUT2D eigenvalue weighted by atomic mass is 9.99. The zero-order chi connectivity index (χ0) is 13.8. The van der Waals surface area contributed by atoms with Crippen molar-refractivity contribution in [1.29, 1.82) is 0 Å². The van der Waals surface area contributed by atoms with Crippen LogP contribution in [-0.4, -0.2) is 42.8 Å². The van der Waals surface area contributed by atoms with Gasteiger partial charge < -0.3 is 5.32 Å². The molecule has 0 amide bonds. The molecule has 1 aliphatic heterocycles. The van der Waals surface area contributed by atoms with E-state index in [0.717, 1.165) is 19.6 Å². The first-order valence-electron chi connectivity index (χ1n) is 6.84. The Kier molecular flexibility index (Phi) is 5.92. The van der Waals surface area contributed by atoms with Crippen LogP contribution >= 0.6 is 0 Å². The fraction of sp³-hybridized carbons (Fsp3) is 1.00. The molecule has 0 radical (unpaired) electrons. The average Bonchev–Trinajstić information content (AvgIpc) is 2.24. The van der Waals surface area contributed by atoms with Crippen molar-refractivity contribution in [3.05, 3.63) is 0 Å². The Morgan fingerprint density at radius 3 is 2.50 bits per heavy atom. The summed E-state index contributed by atoms with van der Waals surface area (Å²) in [4.78, 5) is 2.32. The molecule has 1 heterocycles. The number of unbranched alkanes of at least 4 members (excludes halogenated alkanes) is 1. The van der Waals surface area contributed by atoms with E-state index in [1.54, 1.807) is 0 Å². The standard InChI is InChI=1S/C13H25F3N2/c1-10(2)12-9-18(11(3)8-17-12)7-5-4-6-13(14,15)16/h10-12,17H,4-9H2,1-3H3. The molecule has 2 unspecified atom stereocenters. The molecule has 18 heavy (non-hydrogen) atoms. The van der Waals surface area contributed by atoms with Gasteiger partial charge in [-0.15, -0.1) is 0 Å². The maximum Gasteiger partial charge on any atom is 0.389 e. The van der Waals surface area contributed by atoms with E-state index < -0.39 is 12.6 Å². The molecule has 2 nitrogen and oxygen atoms in total. The Balaban J connectivity index is 2.27. The van der Waals surface area contributed by atoms with Crippen LogP contribution in [0.2, 0.25) is 0 Å². The summed E-state index contributed by atoms with van der Waals surface area (Å²) < 4.78 is 36.1. The van der Waals surface area contributed by atoms with Gasteiger partial charge in [-0.2, -0.15) is 13.2 Å². The zero-order valence-electron chi connectivity index (χ0n) is 11.6. The molecule has 2 atom stereocenters. The van der Waals surface area contributed by atoms with E-state index in [1.807, 2.05) is 0 Å². The lowest BCUT2D eigenvalue weighted by Gasteiger charge is -2.40. The number of hydrogen-bond acceptors (Lipinski definition) is 2. The molecule has 0 aromatic rings. The van der Waals surface area contributed by atoms with Gasteiger partial charge in [-0.05, 0) is 32.2 Å². The van der Waals surface area contributed by atoms with Gasteiger partial charge in [0.25, 0.3) is 0 Å². The van der Waals surface area contributed by atoms with Crippen molar-refractivity contribution in [1.82, 2.24) is 10.2 Å². The van der Waals surface area contributed by atoms with E-state index in [9.17, 15) is 13.2 Å². The first kappa shape index (κ1) is 15.8. The second-order valence-electron chi connectivity index (χ2n) is 5.68. The van der Waals surface area contributed by atoms with Crippen LogP contribution in [0.3, 0.4) is 0 Å². The topological polar surface area (TPSA) is 15.3 Å². The lowest BCUT2D eigenvalue weighted by molar-refractivity contribution is -0.135. The summed E-state index contributed by atoms with van der Waals surface area (Å²) in [6, 6.07) is 0.884. The van der Waals surface area contributed by atoms with Crippen LogP contribution in [0, 0.1) is 5.92 Å². The summed E-state index contributed by atoms with van der Waals surface area (Å²) in [5.41, 5.74) is 0. The summed E-state index contributed by atoms with van der Waals surface area (Å²) in [5.74, 6) is 0.565. The van der Waals surface area contributed by atoms with Gasteiger partial charge in [0.15, 0.2) is 0 Å². The minimum Gasteiger partial charge on any atom is -0.311 e. The van der Waals surface area contributed by atoms with E-state index in [0.29, 0.717) is 24.4 Å². The fourth-order valence-corrected chi connectivity index (χ4v) is 2.35. The average molecular weight is 266 g/mol. The maximum absolute atomic E-state index is 12.0. The first-order valence-corrected chi connectivity index (χ1v) is 6.84. The zero-order valence-corrected chi connectivity index (χ0v) is 11.6. The van der Waals surface area contributed by atoms with E-state index in [1.165, 1.54) is 0 Å². The molecule has 1 aliphatic rings. The van der Waals surface area contributed by atoms with Crippen LogP contribution in [0.4, 0.5) is 13.2 Å². The van der Waals surface area contributed by atoms with Crippen molar-refractivity contribution in [3.63, 3.8) is 0 Å². The molecule has 0 aromatic carbocycles. The minimum atomic E-state index is -4.00. The molecular weight excluding hydrogens is 241 g/mol. The molecule has 1 fully saturated rings. The summed E-state index contributed by atoms with van der Waals surface area (Å²) in [6.45, 7) is 9.15. The number of halogens is 3. The Morgan fingerprint density at radius 1 is 1.28 bits per heavy atom. The molecular formula is C13H25F3N2. The number of hydrogen-bond donors (Lipinski definition) is 1. The summed E-state index contributed by atoms with van der Waals surface area (Å²) in [6.07, 6.45) is -3.78. The van der Waals surface area contributed by atoms with Crippen molar-refractivity contribution in [2.45, 2.75) is 58.3 Å². The van der Waals surface area contributed by atoms with Gasteiger partial charge in [-0.25, -0.2) is 0 Å². The highest BCUT2D eigenvalue weighted by atomic mass is 19.4. The second-order valence-corrected chi connectivity index (χ2v) is 5.68. The first-order chi connectivity index (χ1) is 8.29. The number of nitrogens with zero attached hydrogens (tertiary/aromatic N) is 1. The Morgan fingerprint density at radius 2 is 1.94 bits per heavy atom. The van der Waals surface area contributed by atoms with E-state index in [2.05, 4.69) is 31.0 Å². The Labute approximate surface area is 108 Å². The predicted molar refractivity (Wildman–Crippen MR) is 67.6 cm³/mol. The highest BCUT2D eigenvalue weighted by Gasteiger charge is 2.28. The summed E-state index contributed by atoms with van der Waals surface area (Å²) in [5, 5.41) is 3.49. The molecule has 1 rings (SSSR count). The monoisotopic (exact) mass is 266 g/mol. The number of rotatable bonds is 5. The number of nitrogens with one attached hydrogen (secondary N) is 1. The third-order valence-corrected chi connectivity index (χ3v) is 3.69. The predicted octanol–water partition coefficient (Wildman–Crippen LogP) is 3.04. The molecule has 0 aromatic heterocycles. The third-order valence-electron chi connectivity index (χ3n) is 3.69. The van der Waals surface area contributed by atoms with Crippen LogP contribution in [0.1, 0.15) is 40.0 Å². The molecule has 0 bridgehead atoms. The van der Waals surface area contributed by atoms with E-state index in [-0.39, 0.29) is 6.42 Å². The Hall–Kier alpha value is -0.290. The normalized spacial score (nSPS) is 26.8. The van der Waals surface area contributed by atoms with Crippen LogP contribution in [0.15, 0.2) is 0 Å². The van der Waals surface area contributed by atoms with Crippen LogP contribution < -0.4 is 5.32 Å². The second kappa shape index (κ2) is 6.75. The summed E-state index contributed by atoms with van der Waals surface area (Å²) >= 11 is 0. The smallest absolute Gasteiger partial charge is 0.311 e. The van der Waals surface area contributed by atoms with Gasteiger partial charge in [0, 0.05) is 31.6 Å². The van der Waals surface area contributed by atoms with Gasteiger partial charge in [-0.3, -0.25) is 4.90 Å². The van der Waals surface area contributed by atoms with Gasteiger partial charge in [-0.1, -0.05) is 13.8 Å². The number of piperazine rings is 1. The summed E-state index contributed by atoms with van der Waals surface area (Å²) in [7, 11) is 0.